The summed E-state index contributed by atoms with van der Waals surface area (Å²) >= 11 is 1.46. The minimum atomic E-state index is 0. The molecule has 2 rings (SSSR count). The maximum absolute atomic E-state index is 7.62. The molecule has 15 heavy (non-hydrogen) atoms. The Bertz CT molecular complexity index is 470. The lowest BCUT2D eigenvalue weighted by molar-refractivity contribution is 0.759. The van der Waals surface area contributed by atoms with Crippen molar-refractivity contribution in [1.29, 1.82) is 5.41 Å². The number of hydrogen-bond donors (Lipinski definition) is 1. The van der Waals surface area contributed by atoms with Crippen molar-refractivity contribution in [2.24, 2.45) is 0 Å². The van der Waals surface area contributed by atoms with Crippen LogP contribution in [-0.4, -0.2) is 4.57 Å². The number of nitrogens with one attached hydrogen (secondary N) is 1. The van der Waals surface area contributed by atoms with E-state index in [4.69, 9.17) is 5.41 Å². The molecule has 0 bridgehead atoms. The van der Waals surface area contributed by atoms with Crippen LogP contribution in [0.1, 0.15) is 11.1 Å². The first-order chi connectivity index (χ1) is 6.75. The van der Waals surface area contributed by atoms with Gasteiger partial charge in [0, 0.05) is 18.1 Å². The Morgan fingerprint density at radius 2 is 1.93 bits per heavy atom. The monoisotopic (exact) mass is 240 g/mol. The second-order valence-corrected chi connectivity index (χ2v) is 4.22. The van der Waals surface area contributed by atoms with Crippen LogP contribution in [0.15, 0.2) is 35.8 Å². The molecule has 4 heteroatoms. The van der Waals surface area contributed by atoms with E-state index in [2.05, 4.69) is 31.2 Å². The van der Waals surface area contributed by atoms with Crippen LogP contribution >= 0.6 is 23.7 Å². The van der Waals surface area contributed by atoms with Gasteiger partial charge in [0.2, 0.25) is 0 Å². The first-order valence-corrected chi connectivity index (χ1v) is 5.38. The van der Waals surface area contributed by atoms with Crippen molar-refractivity contribution in [3.63, 3.8) is 0 Å². The summed E-state index contributed by atoms with van der Waals surface area (Å²) < 4.78 is 1.94. The molecule has 0 atom stereocenters. The third-order valence-electron chi connectivity index (χ3n) is 2.15. The van der Waals surface area contributed by atoms with Crippen LogP contribution in [0.4, 0.5) is 0 Å². The molecule has 0 amide bonds. The van der Waals surface area contributed by atoms with Gasteiger partial charge in [-0.25, -0.2) is 0 Å². The van der Waals surface area contributed by atoms with E-state index in [9.17, 15) is 0 Å². The minimum absolute atomic E-state index is 0. The van der Waals surface area contributed by atoms with Crippen molar-refractivity contribution in [1.82, 2.24) is 4.57 Å². The zero-order valence-electron chi connectivity index (χ0n) is 8.43. The van der Waals surface area contributed by atoms with E-state index in [1.165, 1.54) is 22.5 Å². The van der Waals surface area contributed by atoms with E-state index >= 15 is 0 Å². The highest BCUT2D eigenvalue weighted by atomic mass is 35.5. The molecule has 0 aliphatic rings. The Balaban J connectivity index is 0.00000112. The van der Waals surface area contributed by atoms with Crippen molar-refractivity contribution in [2.75, 3.05) is 0 Å². The van der Waals surface area contributed by atoms with Crippen molar-refractivity contribution in [3.8, 4) is 0 Å². The van der Waals surface area contributed by atoms with Gasteiger partial charge < -0.3 is 4.57 Å². The largest absolute Gasteiger partial charge is 0.320 e. The summed E-state index contributed by atoms with van der Waals surface area (Å²) in [6.07, 6.45) is 1.95. The van der Waals surface area contributed by atoms with Crippen LogP contribution in [0.25, 0.3) is 0 Å². The predicted octanol–water partition coefficient (Wildman–Crippen LogP) is 2.81. The van der Waals surface area contributed by atoms with Crippen molar-refractivity contribution in [3.05, 3.63) is 51.8 Å². The number of nitrogens with zero attached hydrogens (tertiary/aromatic N) is 1. The summed E-state index contributed by atoms with van der Waals surface area (Å²) in [6, 6.07) is 8.43. The number of aryl methyl sites for hydroxylation is 1. The summed E-state index contributed by atoms with van der Waals surface area (Å²) in [4.78, 5) is 0.602. The van der Waals surface area contributed by atoms with Gasteiger partial charge in [0.1, 0.15) is 0 Å². The quantitative estimate of drug-likeness (QED) is 0.837. The van der Waals surface area contributed by atoms with Crippen LogP contribution < -0.4 is 4.80 Å². The predicted molar refractivity (Wildman–Crippen MR) is 65.7 cm³/mol. The van der Waals surface area contributed by atoms with Gasteiger partial charge >= 0.3 is 0 Å². The molecule has 2 nitrogen and oxygen atoms in total. The number of hydrogen-bond acceptors (Lipinski definition) is 2. The van der Waals surface area contributed by atoms with Gasteiger partial charge in [0.25, 0.3) is 0 Å². The Hall–Kier alpha value is -1.06. The SMILES string of the molecule is Cc1ccc(Cn2ccsc2=N)cc1.Cl. The molecule has 1 N–H and O–H groups in total. The topological polar surface area (TPSA) is 28.8 Å². The second-order valence-electron chi connectivity index (χ2n) is 3.32. The van der Waals surface area contributed by atoms with Gasteiger partial charge in [-0.05, 0) is 12.5 Å². The lowest BCUT2D eigenvalue weighted by Gasteiger charge is -2.02. The molecular weight excluding hydrogens is 228 g/mol. The summed E-state index contributed by atoms with van der Waals surface area (Å²) in [5.74, 6) is 0. The van der Waals surface area contributed by atoms with E-state index in [-0.39, 0.29) is 12.4 Å². The van der Waals surface area contributed by atoms with Gasteiger partial charge in [-0.15, -0.1) is 23.7 Å². The fourth-order valence-corrected chi connectivity index (χ4v) is 1.92. The third kappa shape index (κ3) is 2.94. The molecule has 1 heterocycles. The van der Waals surface area contributed by atoms with Crippen LogP contribution in [0.2, 0.25) is 0 Å². The highest BCUT2D eigenvalue weighted by molar-refractivity contribution is 7.06. The number of halogens is 1. The molecule has 2 aromatic rings. The Morgan fingerprint density at radius 3 is 2.47 bits per heavy atom. The van der Waals surface area contributed by atoms with Crippen LogP contribution in [0.3, 0.4) is 0 Å². The van der Waals surface area contributed by atoms with Crippen molar-refractivity contribution in [2.45, 2.75) is 13.5 Å². The average Bonchev–Trinajstić information content (AvgIpc) is 2.56. The first-order valence-electron chi connectivity index (χ1n) is 4.50. The Morgan fingerprint density at radius 1 is 1.27 bits per heavy atom. The molecule has 0 saturated carbocycles. The smallest absolute Gasteiger partial charge is 0.182 e. The number of benzene rings is 1. The molecule has 80 valence electrons. The lowest BCUT2D eigenvalue weighted by atomic mass is 10.1. The van der Waals surface area contributed by atoms with Gasteiger partial charge in [0.15, 0.2) is 4.80 Å². The maximum atomic E-state index is 7.62. The molecule has 0 aliphatic carbocycles. The standard InChI is InChI=1S/C11H12N2S.ClH/c1-9-2-4-10(5-3-9)8-13-6-7-14-11(13)12;/h2-7,12H,8H2,1H3;1H. The molecule has 0 aliphatic heterocycles. The van der Waals surface area contributed by atoms with Gasteiger partial charge in [-0.2, -0.15) is 0 Å². The lowest BCUT2D eigenvalue weighted by Crippen LogP contribution is -2.12. The van der Waals surface area contributed by atoms with Gasteiger partial charge in [0.05, 0.1) is 0 Å². The molecular formula is C11H13ClN2S. The van der Waals surface area contributed by atoms with E-state index in [1.54, 1.807) is 0 Å². The molecule has 0 spiro atoms. The highest BCUT2D eigenvalue weighted by Gasteiger charge is 1.95. The van der Waals surface area contributed by atoms with Crippen molar-refractivity contribution >= 4 is 23.7 Å². The fraction of sp³-hybridized carbons (Fsp3) is 0.182. The average molecular weight is 241 g/mol. The number of aromatic nitrogens is 1. The zero-order chi connectivity index (χ0) is 9.97. The van der Waals surface area contributed by atoms with Crippen molar-refractivity contribution < 1.29 is 0 Å². The normalized spacial score (nSPS) is 9.67. The summed E-state index contributed by atoms with van der Waals surface area (Å²) in [7, 11) is 0. The summed E-state index contributed by atoms with van der Waals surface area (Å²) in [6.45, 7) is 2.88. The van der Waals surface area contributed by atoms with E-state index in [0.717, 1.165) is 6.54 Å². The first kappa shape index (κ1) is 12.0. The van der Waals surface area contributed by atoms with E-state index < -0.39 is 0 Å². The third-order valence-corrected chi connectivity index (χ3v) is 2.87. The molecule has 1 aromatic heterocycles. The number of rotatable bonds is 2. The van der Waals surface area contributed by atoms with E-state index in [1.807, 2.05) is 16.1 Å². The number of thiazole rings is 1. The minimum Gasteiger partial charge on any atom is -0.320 e. The van der Waals surface area contributed by atoms with Crippen LogP contribution in [0, 0.1) is 12.3 Å². The Kier molecular flexibility index (Phi) is 4.12. The molecule has 0 radical (unpaired) electrons. The molecule has 1 aromatic carbocycles. The van der Waals surface area contributed by atoms with Crippen LogP contribution in [0.5, 0.6) is 0 Å². The zero-order valence-corrected chi connectivity index (χ0v) is 10.1. The maximum Gasteiger partial charge on any atom is 0.182 e. The Labute approximate surface area is 99.1 Å². The second kappa shape index (κ2) is 5.14. The van der Waals surface area contributed by atoms with Crippen LogP contribution in [-0.2, 0) is 6.54 Å². The molecule has 0 fully saturated rings. The summed E-state index contributed by atoms with van der Waals surface area (Å²) in [5.41, 5.74) is 2.52. The summed E-state index contributed by atoms with van der Waals surface area (Å²) in [5, 5.41) is 9.56. The van der Waals surface area contributed by atoms with Gasteiger partial charge in [-0.1, -0.05) is 29.8 Å². The highest BCUT2D eigenvalue weighted by Crippen LogP contribution is 2.04. The van der Waals surface area contributed by atoms with E-state index in [0.29, 0.717) is 4.80 Å². The van der Waals surface area contributed by atoms with Gasteiger partial charge in [-0.3, -0.25) is 5.41 Å². The molecule has 0 saturated heterocycles. The molecule has 0 unspecified atom stereocenters. The fourth-order valence-electron chi connectivity index (χ4n) is 1.32.